The second kappa shape index (κ2) is 6.60. The van der Waals surface area contributed by atoms with E-state index in [-0.39, 0.29) is 17.8 Å². The van der Waals surface area contributed by atoms with Crippen molar-refractivity contribution in [3.8, 4) is 11.4 Å². The molecule has 0 spiro atoms. The van der Waals surface area contributed by atoms with E-state index in [1.807, 2.05) is 0 Å². The van der Waals surface area contributed by atoms with Crippen LogP contribution in [0.15, 0.2) is 29.4 Å². The molecule has 2 heterocycles. The van der Waals surface area contributed by atoms with Crippen LogP contribution in [0.3, 0.4) is 0 Å². The molecular formula is C15H16FN5O2S. The molecule has 0 radical (unpaired) electrons. The molecular weight excluding hydrogens is 333 g/mol. The molecule has 1 atom stereocenters. The summed E-state index contributed by atoms with van der Waals surface area (Å²) in [4.78, 5) is 25.1. The maximum atomic E-state index is 13.0. The Balaban J connectivity index is 1.75. The molecule has 1 unspecified atom stereocenters. The molecule has 1 fully saturated rings. The number of nitrogens with zero attached hydrogens (tertiary/aromatic N) is 4. The van der Waals surface area contributed by atoms with Gasteiger partial charge in [0.05, 0.1) is 5.25 Å². The summed E-state index contributed by atoms with van der Waals surface area (Å²) in [7, 11) is 1.78. The molecule has 1 N–H and O–H groups in total. The molecule has 1 aromatic carbocycles. The first-order valence-corrected chi connectivity index (χ1v) is 8.26. The van der Waals surface area contributed by atoms with Gasteiger partial charge in [0.25, 0.3) is 0 Å². The lowest BCUT2D eigenvalue weighted by Gasteiger charge is -2.16. The maximum Gasteiger partial charge on any atom is 0.324 e. The Morgan fingerprint density at radius 3 is 2.67 bits per heavy atom. The molecule has 1 aliphatic heterocycles. The van der Waals surface area contributed by atoms with Gasteiger partial charge in [-0.1, -0.05) is 11.8 Å². The molecule has 2 aromatic rings. The average Bonchev–Trinajstić information content (AvgIpc) is 3.14. The van der Waals surface area contributed by atoms with Crippen molar-refractivity contribution in [2.45, 2.75) is 17.3 Å². The molecule has 0 saturated carbocycles. The van der Waals surface area contributed by atoms with E-state index in [0.717, 1.165) is 5.56 Å². The maximum absolute atomic E-state index is 13.0. The average molecular weight is 349 g/mol. The van der Waals surface area contributed by atoms with Crippen LogP contribution in [0.1, 0.15) is 6.92 Å². The Bertz CT molecular complexity index is 777. The van der Waals surface area contributed by atoms with Gasteiger partial charge in [-0.05, 0) is 31.2 Å². The molecule has 3 amide bonds. The Morgan fingerprint density at radius 2 is 2.04 bits per heavy atom. The number of nitrogens with one attached hydrogen (secondary N) is 1. The lowest BCUT2D eigenvalue weighted by Crippen LogP contribution is -2.39. The highest BCUT2D eigenvalue weighted by atomic mass is 32.2. The molecule has 0 bridgehead atoms. The lowest BCUT2D eigenvalue weighted by molar-refractivity contribution is -0.126. The molecule has 7 nitrogen and oxygen atoms in total. The van der Waals surface area contributed by atoms with E-state index < -0.39 is 5.25 Å². The third-order valence-corrected chi connectivity index (χ3v) is 4.81. The highest BCUT2D eigenvalue weighted by Crippen LogP contribution is 2.26. The zero-order valence-corrected chi connectivity index (χ0v) is 14.0. The van der Waals surface area contributed by atoms with Gasteiger partial charge in [-0.25, -0.2) is 9.18 Å². The fourth-order valence-corrected chi connectivity index (χ4v) is 3.25. The van der Waals surface area contributed by atoms with Gasteiger partial charge < -0.3 is 9.88 Å². The Morgan fingerprint density at radius 1 is 1.33 bits per heavy atom. The van der Waals surface area contributed by atoms with Crippen molar-refractivity contribution >= 4 is 23.7 Å². The second-order valence-corrected chi connectivity index (χ2v) is 6.66. The van der Waals surface area contributed by atoms with Crippen LogP contribution in [0.5, 0.6) is 0 Å². The summed E-state index contributed by atoms with van der Waals surface area (Å²) >= 11 is 1.23. The number of hydrogen-bond donors (Lipinski definition) is 1. The highest BCUT2D eigenvalue weighted by Gasteiger charge is 2.31. The van der Waals surface area contributed by atoms with E-state index in [2.05, 4.69) is 15.5 Å². The van der Waals surface area contributed by atoms with Gasteiger partial charge in [-0.2, -0.15) is 0 Å². The van der Waals surface area contributed by atoms with Gasteiger partial charge in [0.15, 0.2) is 11.0 Å². The number of rotatable bonds is 4. The fourth-order valence-electron chi connectivity index (χ4n) is 2.38. The molecule has 1 aliphatic rings. The predicted molar refractivity (Wildman–Crippen MR) is 86.8 cm³/mol. The summed E-state index contributed by atoms with van der Waals surface area (Å²) in [5, 5.41) is 10.9. The van der Waals surface area contributed by atoms with Crippen molar-refractivity contribution in [2.24, 2.45) is 7.05 Å². The highest BCUT2D eigenvalue weighted by molar-refractivity contribution is 8.00. The lowest BCUT2D eigenvalue weighted by atomic mass is 10.2. The minimum atomic E-state index is -0.474. The number of carbonyl (C=O) groups is 2. The van der Waals surface area contributed by atoms with E-state index in [0.29, 0.717) is 24.1 Å². The van der Waals surface area contributed by atoms with Gasteiger partial charge in [0.1, 0.15) is 5.82 Å². The van der Waals surface area contributed by atoms with Crippen LogP contribution in [0.2, 0.25) is 0 Å². The molecule has 1 aromatic heterocycles. The monoisotopic (exact) mass is 349 g/mol. The smallest absolute Gasteiger partial charge is 0.324 e. The Hall–Kier alpha value is -2.42. The largest absolute Gasteiger partial charge is 0.336 e. The molecule has 1 saturated heterocycles. The van der Waals surface area contributed by atoms with Crippen molar-refractivity contribution in [1.29, 1.82) is 0 Å². The van der Waals surface area contributed by atoms with Gasteiger partial charge in [0, 0.05) is 25.7 Å². The summed E-state index contributed by atoms with van der Waals surface area (Å²) in [6.45, 7) is 2.58. The van der Waals surface area contributed by atoms with E-state index in [1.54, 1.807) is 30.7 Å². The number of amides is 3. The zero-order chi connectivity index (χ0) is 17.3. The van der Waals surface area contributed by atoms with Crippen molar-refractivity contribution in [2.75, 3.05) is 13.1 Å². The standard InChI is InChI=1S/C15H16FN5O2S/c1-9(13(22)21-8-7-17-14(21)23)24-15-19-18-12(20(15)2)10-3-5-11(16)6-4-10/h3-6,9H,7-8H2,1-2H3,(H,17,23). The first-order chi connectivity index (χ1) is 11.5. The topological polar surface area (TPSA) is 80.1 Å². The van der Waals surface area contributed by atoms with Crippen LogP contribution < -0.4 is 5.32 Å². The zero-order valence-electron chi connectivity index (χ0n) is 13.2. The van der Waals surface area contributed by atoms with Crippen LogP contribution in [-0.4, -0.2) is 49.9 Å². The van der Waals surface area contributed by atoms with E-state index in [1.165, 1.54) is 28.8 Å². The molecule has 9 heteroatoms. The quantitative estimate of drug-likeness (QED) is 0.849. The van der Waals surface area contributed by atoms with Gasteiger partial charge >= 0.3 is 6.03 Å². The molecule has 24 heavy (non-hydrogen) atoms. The minimum absolute atomic E-state index is 0.263. The van der Waals surface area contributed by atoms with Gasteiger partial charge in [-0.3, -0.25) is 9.69 Å². The Kier molecular flexibility index (Phi) is 4.52. The summed E-state index contributed by atoms with van der Waals surface area (Å²) in [6.07, 6.45) is 0. The van der Waals surface area contributed by atoms with E-state index in [4.69, 9.17) is 0 Å². The van der Waals surface area contributed by atoms with Crippen LogP contribution in [0, 0.1) is 5.82 Å². The third kappa shape index (κ3) is 3.12. The van der Waals surface area contributed by atoms with Crippen molar-refractivity contribution in [3.05, 3.63) is 30.1 Å². The number of hydrogen-bond acceptors (Lipinski definition) is 5. The third-order valence-electron chi connectivity index (χ3n) is 3.69. The van der Waals surface area contributed by atoms with Crippen LogP contribution in [-0.2, 0) is 11.8 Å². The van der Waals surface area contributed by atoms with Gasteiger partial charge in [0.2, 0.25) is 5.91 Å². The van der Waals surface area contributed by atoms with Crippen LogP contribution in [0.25, 0.3) is 11.4 Å². The van der Waals surface area contributed by atoms with Gasteiger partial charge in [-0.15, -0.1) is 10.2 Å². The normalized spacial score (nSPS) is 15.5. The number of halogens is 1. The first-order valence-electron chi connectivity index (χ1n) is 7.38. The number of carbonyl (C=O) groups excluding carboxylic acids is 2. The van der Waals surface area contributed by atoms with Crippen LogP contribution in [0.4, 0.5) is 9.18 Å². The van der Waals surface area contributed by atoms with Crippen LogP contribution >= 0.6 is 11.8 Å². The van der Waals surface area contributed by atoms with E-state index >= 15 is 0 Å². The SMILES string of the molecule is CC(Sc1nnc(-c2ccc(F)cc2)n1C)C(=O)N1CCNC1=O. The molecule has 126 valence electrons. The molecule has 3 rings (SSSR count). The number of imide groups is 1. The fraction of sp³-hybridized carbons (Fsp3) is 0.333. The number of aromatic nitrogens is 3. The number of benzene rings is 1. The van der Waals surface area contributed by atoms with Crippen molar-refractivity contribution in [1.82, 2.24) is 25.0 Å². The van der Waals surface area contributed by atoms with E-state index in [9.17, 15) is 14.0 Å². The summed E-state index contributed by atoms with van der Waals surface area (Å²) in [5.74, 6) is -0.00368. The second-order valence-electron chi connectivity index (χ2n) is 5.35. The first kappa shape index (κ1) is 16.4. The predicted octanol–water partition coefficient (Wildman–Crippen LogP) is 1.65. The van der Waals surface area contributed by atoms with Crippen molar-refractivity contribution < 1.29 is 14.0 Å². The summed E-state index contributed by atoms with van der Waals surface area (Å²) < 4.78 is 14.8. The number of urea groups is 1. The molecule has 0 aliphatic carbocycles. The minimum Gasteiger partial charge on any atom is -0.336 e. The Labute approximate surface area is 142 Å². The summed E-state index contributed by atoms with van der Waals surface area (Å²) in [5.41, 5.74) is 0.733. The summed E-state index contributed by atoms with van der Waals surface area (Å²) in [6, 6.07) is 5.59. The number of thioether (sulfide) groups is 1. The van der Waals surface area contributed by atoms with Crippen molar-refractivity contribution in [3.63, 3.8) is 0 Å².